The molecule has 118 valence electrons. The molecule has 0 fully saturated rings. The number of nitrogens with zero attached hydrogens (tertiary/aromatic N) is 2. The van der Waals surface area contributed by atoms with Gasteiger partial charge in [-0.25, -0.2) is 4.98 Å². The SMILES string of the molecule is CCCNc1cc(C(=O)N(CC(F)(F)F)C(C)C)ccn1. The maximum absolute atomic E-state index is 12.6. The summed E-state index contributed by atoms with van der Waals surface area (Å²) in [7, 11) is 0. The van der Waals surface area contributed by atoms with Crippen LogP contribution in [0.25, 0.3) is 0 Å². The number of nitrogens with one attached hydrogen (secondary N) is 1. The molecule has 1 heterocycles. The maximum atomic E-state index is 12.6. The number of halogens is 3. The second kappa shape index (κ2) is 7.28. The van der Waals surface area contributed by atoms with E-state index in [4.69, 9.17) is 0 Å². The van der Waals surface area contributed by atoms with Gasteiger partial charge in [-0.05, 0) is 32.4 Å². The van der Waals surface area contributed by atoms with Gasteiger partial charge in [-0.15, -0.1) is 0 Å². The molecule has 0 spiro atoms. The fourth-order valence-corrected chi connectivity index (χ4v) is 1.76. The van der Waals surface area contributed by atoms with Crippen LogP contribution in [0.4, 0.5) is 19.0 Å². The normalized spacial score (nSPS) is 11.6. The number of anilines is 1. The number of amides is 1. The molecule has 21 heavy (non-hydrogen) atoms. The van der Waals surface area contributed by atoms with Crippen molar-refractivity contribution < 1.29 is 18.0 Å². The van der Waals surface area contributed by atoms with Crippen LogP contribution in [0.15, 0.2) is 18.3 Å². The molecule has 0 bridgehead atoms. The molecule has 7 heteroatoms. The molecule has 4 nitrogen and oxygen atoms in total. The lowest BCUT2D eigenvalue weighted by atomic mass is 10.2. The first-order valence-electron chi connectivity index (χ1n) is 6.82. The molecule has 0 aromatic carbocycles. The van der Waals surface area contributed by atoms with Gasteiger partial charge >= 0.3 is 6.18 Å². The highest BCUT2D eigenvalue weighted by Crippen LogP contribution is 2.20. The van der Waals surface area contributed by atoms with Crippen molar-refractivity contribution in [3.05, 3.63) is 23.9 Å². The Bertz CT molecular complexity index is 475. The van der Waals surface area contributed by atoms with Crippen molar-refractivity contribution in [2.75, 3.05) is 18.4 Å². The van der Waals surface area contributed by atoms with Crippen molar-refractivity contribution in [2.24, 2.45) is 0 Å². The van der Waals surface area contributed by atoms with E-state index < -0.39 is 24.7 Å². The highest BCUT2D eigenvalue weighted by atomic mass is 19.4. The zero-order valence-electron chi connectivity index (χ0n) is 12.4. The number of hydrogen-bond acceptors (Lipinski definition) is 3. The Balaban J connectivity index is 2.93. The summed E-state index contributed by atoms with van der Waals surface area (Å²) in [5.74, 6) is -0.164. The molecule has 1 aromatic rings. The van der Waals surface area contributed by atoms with E-state index in [9.17, 15) is 18.0 Å². The van der Waals surface area contributed by atoms with Gasteiger partial charge in [0.2, 0.25) is 0 Å². The quantitative estimate of drug-likeness (QED) is 0.877. The summed E-state index contributed by atoms with van der Waals surface area (Å²) >= 11 is 0. The molecule has 0 unspecified atom stereocenters. The van der Waals surface area contributed by atoms with Crippen LogP contribution in [0.1, 0.15) is 37.6 Å². The third kappa shape index (κ3) is 5.61. The first-order chi connectivity index (χ1) is 9.74. The Morgan fingerprint density at radius 3 is 2.62 bits per heavy atom. The predicted octanol–water partition coefficient (Wildman–Crippen LogP) is 3.32. The molecule has 0 aliphatic rings. The Labute approximate surface area is 122 Å². The molecular formula is C14H20F3N3O. The molecule has 0 aliphatic heterocycles. The highest BCUT2D eigenvalue weighted by Gasteiger charge is 2.34. The van der Waals surface area contributed by atoms with Crippen LogP contribution >= 0.6 is 0 Å². The Morgan fingerprint density at radius 1 is 1.43 bits per heavy atom. The molecule has 1 N–H and O–H groups in total. The van der Waals surface area contributed by atoms with E-state index in [1.807, 2.05) is 6.92 Å². The van der Waals surface area contributed by atoms with Gasteiger partial charge in [0.05, 0.1) is 0 Å². The summed E-state index contributed by atoms with van der Waals surface area (Å²) in [6, 6.07) is 2.36. The standard InChI is InChI=1S/C14H20F3N3O/c1-4-6-18-12-8-11(5-7-19-12)13(21)20(10(2)3)9-14(15,16)17/h5,7-8,10H,4,6,9H2,1-3H3,(H,18,19). The molecule has 0 aliphatic carbocycles. The summed E-state index contributed by atoms with van der Waals surface area (Å²) in [5, 5.41) is 3.00. The van der Waals surface area contributed by atoms with E-state index in [2.05, 4.69) is 10.3 Å². The van der Waals surface area contributed by atoms with Crippen molar-refractivity contribution in [2.45, 2.75) is 39.4 Å². The Kier molecular flexibility index (Phi) is 5.99. The molecule has 0 saturated carbocycles. The second-order valence-corrected chi connectivity index (χ2v) is 5.00. The average Bonchev–Trinajstić information content (AvgIpc) is 2.41. The average molecular weight is 303 g/mol. The van der Waals surface area contributed by atoms with E-state index in [0.29, 0.717) is 12.4 Å². The van der Waals surface area contributed by atoms with Crippen LogP contribution in [-0.2, 0) is 0 Å². The van der Waals surface area contributed by atoms with Crippen molar-refractivity contribution in [3.8, 4) is 0 Å². The first-order valence-corrected chi connectivity index (χ1v) is 6.82. The lowest BCUT2D eigenvalue weighted by molar-refractivity contribution is -0.143. The summed E-state index contributed by atoms with van der Waals surface area (Å²) in [5.41, 5.74) is 0.196. The van der Waals surface area contributed by atoms with E-state index >= 15 is 0 Å². The van der Waals surface area contributed by atoms with Crippen LogP contribution in [0.5, 0.6) is 0 Å². The Hall–Kier alpha value is -1.79. The van der Waals surface area contributed by atoms with Crippen LogP contribution in [0, 0.1) is 0 Å². The molecule has 1 rings (SSSR count). The second-order valence-electron chi connectivity index (χ2n) is 5.00. The summed E-state index contributed by atoms with van der Waals surface area (Å²) in [4.78, 5) is 17.1. The van der Waals surface area contributed by atoms with Crippen molar-refractivity contribution in [1.82, 2.24) is 9.88 Å². The van der Waals surface area contributed by atoms with Gasteiger partial charge in [0.1, 0.15) is 12.4 Å². The lowest BCUT2D eigenvalue weighted by Gasteiger charge is -2.27. The van der Waals surface area contributed by atoms with E-state index in [-0.39, 0.29) is 5.56 Å². The van der Waals surface area contributed by atoms with Gasteiger partial charge in [0.15, 0.2) is 0 Å². The fraction of sp³-hybridized carbons (Fsp3) is 0.571. The van der Waals surface area contributed by atoms with Crippen molar-refractivity contribution in [3.63, 3.8) is 0 Å². The topological polar surface area (TPSA) is 45.2 Å². The lowest BCUT2D eigenvalue weighted by Crippen LogP contribution is -2.43. The van der Waals surface area contributed by atoms with Gasteiger partial charge in [0.25, 0.3) is 5.91 Å². The predicted molar refractivity (Wildman–Crippen MR) is 75.2 cm³/mol. The van der Waals surface area contributed by atoms with Crippen molar-refractivity contribution in [1.29, 1.82) is 0 Å². The maximum Gasteiger partial charge on any atom is 0.406 e. The van der Waals surface area contributed by atoms with Gasteiger partial charge in [0, 0.05) is 24.3 Å². The van der Waals surface area contributed by atoms with E-state index in [1.54, 1.807) is 13.8 Å². The molecule has 0 saturated heterocycles. The van der Waals surface area contributed by atoms with Crippen LogP contribution in [0.2, 0.25) is 0 Å². The summed E-state index contributed by atoms with van der Waals surface area (Å²) in [6.45, 7) is 4.51. The smallest absolute Gasteiger partial charge is 0.370 e. The molecule has 0 radical (unpaired) electrons. The minimum absolute atomic E-state index is 0.196. The third-order valence-electron chi connectivity index (χ3n) is 2.80. The van der Waals surface area contributed by atoms with Gasteiger partial charge in [-0.1, -0.05) is 6.92 Å². The molecule has 1 aromatic heterocycles. The minimum atomic E-state index is -4.42. The largest absolute Gasteiger partial charge is 0.406 e. The van der Waals surface area contributed by atoms with Crippen LogP contribution in [0.3, 0.4) is 0 Å². The summed E-state index contributed by atoms with van der Waals surface area (Å²) in [6.07, 6.45) is -2.13. The van der Waals surface area contributed by atoms with Gasteiger partial charge in [-0.3, -0.25) is 4.79 Å². The molecule has 0 atom stereocenters. The zero-order valence-corrected chi connectivity index (χ0v) is 12.4. The van der Waals surface area contributed by atoms with Crippen LogP contribution in [-0.4, -0.2) is 41.1 Å². The third-order valence-corrected chi connectivity index (χ3v) is 2.80. The minimum Gasteiger partial charge on any atom is -0.370 e. The summed E-state index contributed by atoms with van der Waals surface area (Å²) < 4.78 is 37.7. The Morgan fingerprint density at radius 2 is 2.10 bits per heavy atom. The number of rotatable bonds is 6. The van der Waals surface area contributed by atoms with E-state index in [0.717, 1.165) is 11.3 Å². The number of pyridine rings is 1. The number of carbonyl (C=O) groups excluding carboxylic acids is 1. The van der Waals surface area contributed by atoms with E-state index in [1.165, 1.54) is 18.3 Å². The van der Waals surface area contributed by atoms with Crippen molar-refractivity contribution >= 4 is 11.7 Å². The monoisotopic (exact) mass is 303 g/mol. The number of alkyl halides is 3. The molecular weight excluding hydrogens is 283 g/mol. The fourth-order valence-electron chi connectivity index (χ4n) is 1.76. The van der Waals surface area contributed by atoms with Gasteiger partial charge in [-0.2, -0.15) is 13.2 Å². The number of carbonyl (C=O) groups is 1. The highest BCUT2D eigenvalue weighted by molar-refractivity contribution is 5.95. The van der Waals surface area contributed by atoms with Crippen LogP contribution < -0.4 is 5.32 Å². The van der Waals surface area contributed by atoms with Gasteiger partial charge < -0.3 is 10.2 Å². The molecule has 1 amide bonds. The number of aromatic nitrogens is 1. The first kappa shape index (κ1) is 17.3. The number of hydrogen-bond donors (Lipinski definition) is 1. The zero-order chi connectivity index (χ0) is 16.0.